The van der Waals surface area contributed by atoms with Crippen LogP contribution in [0.15, 0.2) is 29.2 Å². The lowest BCUT2D eigenvalue weighted by atomic mass is 9.75. The van der Waals surface area contributed by atoms with Gasteiger partial charge in [-0.1, -0.05) is 37.0 Å². The van der Waals surface area contributed by atoms with Gasteiger partial charge in [0.1, 0.15) is 0 Å². The van der Waals surface area contributed by atoms with Crippen LogP contribution < -0.4 is 4.72 Å². The summed E-state index contributed by atoms with van der Waals surface area (Å²) in [5.74, 6) is 0. The minimum absolute atomic E-state index is 0.0451. The van der Waals surface area contributed by atoms with Crippen molar-refractivity contribution in [1.82, 2.24) is 4.72 Å². The largest absolute Gasteiger partial charge is 0.396 e. The van der Waals surface area contributed by atoms with Gasteiger partial charge >= 0.3 is 0 Å². The fourth-order valence-electron chi connectivity index (χ4n) is 2.74. The van der Waals surface area contributed by atoms with E-state index in [1.54, 1.807) is 24.3 Å². The average molecular weight is 297 g/mol. The van der Waals surface area contributed by atoms with Crippen LogP contribution >= 0.6 is 0 Å². The molecule has 0 unspecified atom stereocenters. The molecule has 20 heavy (non-hydrogen) atoms. The maximum absolute atomic E-state index is 12.3. The number of hydrogen-bond donors (Lipinski definition) is 2. The second-order valence-electron chi connectivity index (χ2n) is 5.86. The topological polar surface area (TPSA) is 66.4 Å². The Hall–Kier alpha value is -0.910. The molecule has 0 atom stereocenters. The van der Waals surface area contributed by atoms with Gasteiger partial charge in [0.15, 0.2) is 0 Å². The first-order valence-electron chi connectivity index (χ1n) is 7.15. The Bertz CT molecular complexity index is 531. The van der Waals surface area contributed by atoms with Gasteiger partial charge in [-0.2, -0.15) is 0 Å². The fourth-order valence-corrected chi connectivity index (χ4v) is 3.90. The molecule has 4 nitrogen and oxygen atoms in total. The molecule has 1 aliphatic rings. The summed E-state index contributed by atoms with van der Waals surface area (Å²) in [6.07, 6.45) is 5.08. The van der Waals surface area contributed by atoms with E-state index in [2.05, 4.69) is 4.72 Å². The fraction of sp³-hybridized carbons (Fsp3) is 0.600. The normalized spacial score (nSPS) is 18.9. The summed E-state index contributed by atoms with van der Waals surface area (Å²) in [4.78, 5) is 0.284. The van der Waals surface area contributed by atoms with Crippen molar-refractivity contribution >= 4 is 10.0 Å². The molecule has 0 heterocycles. The Morgan fingerprint density at radius 1 is 1.15 bits per heavy atom. The quantitative estimate of drug-likeness (QED) is 0.875. The van der Waals surface area contributed by atoms with Crippen LogP contribution in [0.25, 0.3) is 0 Å². The number of hydrogen-bond acceptors (Lipinski definition) is 3. The molecule has 0 aliphatic heterocycles. The van der Waals surface area contributed by atoms with Gasteiger partial charge < -0.3 is 5.11 Å². The molecule has 2 N–H and O–H groups in total. The summed E-state index contributed by atoms with van der Waals surface area (Å²) < 4.78 is 27.2. The summed E-state index contributed by atoms with van der Waals surface area (Å²) in [7, 11) is -3.49. The van der Waals surface area contributed by atoms with Crippen molar-refractivity contribution in [3.05, 3.63) is 29.8 Å². The maximum Gasteiger partial charge on any atom is 0.240 e. The van der Waals surface area contributed by atoms with Gasteiger partial charge in [0.2, 0.25) is 10.0 Å². The zero-order valence-electron chi connectivity index (χ0n) is 11.9. The first-order chi connectivity index (χ1) is 9.47. The smallest absolute Gasteiger partial charge is 0.240 e. The summed E-state index contributed by atoms with van der Waals surface area (Å²) in [5.41, 5.74) is 0.749. The molecule has 1 fully saturated rings. The molecule has 1 aromatic rings. The Kier molecular flexibility index (Phi) is 4.83. The van der Waals surface area contributed by atoms with Gasteiger partial charge in [0.25, 0.3) is 0 Å². The first-order valence-corrected chi connectivity index (χ1v) is 8.63. The highest BCUT2D eigenvalue weighted by molar-refractivity contribution is 7.89. The SMILES string of the molecule is Cc1ccc(S(=O)(=O)NCC2(CO)CCCCC2)cc1. The van der Waals surface area contributed by atoms with Gasteiger partial charge in [-0.25, -0.2) is 13.1 Å². The van der Waals surface area contributed by atoms with Crippen molar-refractivity contribution in [1.29, 1.82) is 0 Å². The van der Waals surface area contributed by atoms with Gasteiger partial charge in [0.05, 0.1) is 4.90 Å². The molecule has 0 radical (unpaired) electrons. The van der Waals surface area contributed by atoms with Gasteiger partial charge in [-0.15, -0.1) is 0 Å². The highest BCUT2D eigenvalue weighted by atomic mass is 32.2. The Morgan fingerprint density at radius 2 is 1.75 bits per heavy atom. The molecule has 0 aromatic heterocycles. The number of benzene rings is 1. The van der Waals surface area contributed by atoms with Crippen molar-refractivity contribution in [2.24, 2.45) is 5.41 Å². The molecule has 0 bridgehead atoms. The lowest BCUT2D eigenvalue weighted by Crippen LogP contribution is -2.41. The second kappa shape index (κ2) is 6.24. The number of aliphatic hydroxyl groups excluding tert-OH is 1. The lowest BCUT2D eigenvalue weighted by Gasteiger charge is -2.35. The van der Waals surface area contributed by atoms with Gasteiger partial charge in [0, 0.05) is 18.6 Å². The van der Waals surface area contributed by atoms with Crippen LogP contribution in [-0.2, 0) is 10.0 Å². The van der Waals surface area contributed by atoms with Crippen LogP contribution in [-0.4, -0.2) is 26.7 Å². The molecule has 112 valence electrons. The highest BCUT2D eigenvalue weighted by Gasteiger charge is 2.32. The van der Waals surface area contributed by atoms with Crippen LogP contribution in [0.1, 0.15) is 37.7 Å². The molecular weight excluding hydrogens is 274 g/mol. The third kappa shape index (κ3) is 3.59. The van der Waals surface area contributed by atoms with Crippen molar-refractivity contribution in [2.45, 2.75) is 43.9 Å². The Labute approximate surface area is 121 Å². The molecule has 0 saturated heterocycles. The number of sulfonamides is 1. The van der Waals surface area contributed by atoms with Crippen LogP contribution in [0.2, 0.25) is 0 Å². The van der Waals surface area contributed by atoms with E-state index < -0.39 is 10.0 Å². The third-order valence-electron chi connectivity index (χ3n) is 4.22. The molecule has 2 rings (SSSR count). The van der Waals surface area contributed by atoms with E-state index in [0.29, 0.717) is 6.54 Å². The second-order valence-corrected chi connectivity index (χ2v) is 7.62. The average Bonchev–Trinajstić information content (AvgIpc) is 2.47. The predicted octanol–water partition coefficient (Wildman–Crippen LogP) is 2.22. The molecular formula is C15H23NO3S. The van der Waals surface area contributed by atoms with E-state index in [1.807, 2.05) is 6.92 Å². The van der Waals surface area contributed by atoms with Crippen molar-refractivity contribution in [3.8, 4) is 0 Å². The molecule has 1 saturated carbocycles. The van der Waals surface area contributed by atoms with E-state index in [0.717, 1.165) is 31.2 Å². The summed E-state index contributed by atoms with van der Waals surface area (Å²) in [5, 5.41) is 9.61. The number of nitrogens with one attached hydrogen (secondary N) is 1. The lowest BCUT2D eigenvalue weighted by molar-refractivity contribution is 0.0867. The van der Waals surface area contributed by atoms with E-state index in [-0.39, 0.29) is 16.9 Å². The zero-order valence-corrected chi connectivity index (χ0v) is 12.7. The number of aryl methyl sites for hydroxylation is 1. The number of aliphatic hydroxyl groups is 1. The minimum atomic E-state index is -3.49. The monoisotopic (exact) mass is 297 g/mol. The third-order valence-corrected chi connectivity index (χ3v) is 5.64. The van der Waals surface area contributed by atoms with Crippen LogP contribution in [0.5, 0.6) is 0 Å². The van der Waals surface area contributed by atoms with Crippen molar-refractivity contribution < 1.29 is 13.5 Å². The molecule has 5 heteroatoms. The summed E-state index contributed by atoms with van der Waals surface area (Å²) in [6.45, 7) is 2.29. The minimum Gasteiger partial charge on any atom is -0.396 e. The maximum atomic E-state index is 12.3. The van der Waals surface area contributed by atoms with Crippen LogP contribution in [0.4, 0.5) is 0 Å². The van der Waals surface area contributed by atoms with Gasteiger partial charge in [-0.3, -0.25) is 0 Å². The van der Waals surface area contributed by atoms with Gasteiger partial charge in [-0.05, 0) is 31.9 Å². The Morgan fingerprint density at radius 3 is 2.30 bits per heavy atom. The molecule has 0 spiro atoms. The van der Waals surface area contributed by atoms with Crippen molar-refractivity contribution in [3.63, 3.8) is 0 Å². The van der Waals surface area contributed by atoms with Crippen molar-refractivity contribution in [2.75, 3.05) is 13.2 Å². The molecule has 1 aromatic carbocycles. The standard InChI is InChI=1S/C15H23NO3S/c1-13-5-7-14(8-6-13)20(18,19)16-11-15(12-17)9-3-2-4-10-15/h5-8,16-17H,2-4,9-12H2,1H3. The van der Waals surface area contributed by atoms with E-state index in [4.69, 9.17) is 0 Å². The molecule has 0 amide bonds. The van der Waals surface area contributed by atoms with E-state index in [9.17, 15) is 13.5 Å². The number of rotatable bonds is 5. The molecule has 1 aliphatic carbocycles. The van der Waals surface area contributed by atoms with Crippen LogP contribution in [0.3, 0.4) is 0 Å². The van der Waals surface area contributed by atoms with E-state index in [1.165, 1.54) is 6.42 Å². The predicted molar refractivity (Wildman–Crippen MR) is 79.0 cm³/mol. The highest BCUT2D eigenvalue weighted by Crippen LogP contribution is 2.35. The van der Waals surface area contributed by atoms with E-state index >= 15 is 0 Å². The summed E-state index contributed by atoms with van der Waals surface area (Å²) in [6, 6.07) is 6.81. The van der Waals surface area contributed by atoms with Crippen LogP contribution in [0, 0.1) is 12.3 Å². The zero-order chi connectivity index (χ0) is 14.6. The summed E-state index contributed by atoms with van der Waals surface area (Å²) >= 11 is 0. The Balaban J connectivity index is 2.06. The first kappa shape index (κ1) is 15.5.